The van der Waals surface area contributed by atoms with Crippen LogP contribution in [0.5, 0.6) is 0 Å². The monoisotopic (exact) mass is 407 g/mol. The molecule has 0 saturated carbocycles. The first-order valence-electron chi connectivity index (χ1n) is 10.4. The number of guanidine groups is 1. The SMILES string of the molecule is CCNC(=NCc1c(Cl)cccc1N1CCN(C)CC1)N(C)CC1CCOC1. The fourth-order valence-electron chi connectivity index (χ4n) is 3.87. The molecule has 0 aliphatic carbocycles. The van der Waals surface area contributed by atoms with E-state index >= 15 is 0 Å². The molecule has 0 bridgehead atoms. The zero-order chi connectivity index (χ0) is 19.9. The Morgan fingerprint density at radius 3 is 2.79 bits per heavy atom. The predicted molar refractivity (Wildman–Crippen MR) is 118 cm³/mol. The number of halogens is 1. The number of hydrogen-bond acceptors (Lipinski definition) is 4. The number of rotatable bonds is 6. The largest absolute Gasteiger partial charge is 0.381 e. The minimum atomic E-state index is 0.579. The second-order valence-electron chi connectivity index (χ2n) is 7.81. The third-order valence-electron chi connectivity index (χ3n) is 5.58. The van der Waals surface area contributed by atoms with Crippen LogP contribution >= 0.6 is 11.6 Å². The van der Waals surface area contributed by atoms with Crippen molar-refractivity contribution in [2.24, 2.45) is 10.9 Å². The quantitative estimate of drug-likeness (QED) is 0.579. The van der Waals surface area contributed by atoms with Crippen LogP contribution in [0, 0.1) is 5.92 Å². The second kappa shape index (κ2) is 10.3. The van der Waals surface area contributed by atoms with E-state index in [1.165, 1.54) is 5.69 Å². The third kappa shape index (κ3) is 5.52. The van der Waals surface area contributed by atoms with Crippen LogP contribution < -0.4 is 10.2 Å². The molecule has 0 aromatic heterocycles. The average molecular weight is 408 g/mol. The van der Waals surface area contributed by atoms with Crippen molar-refractivity contribution in [1.82, 2.24) is 15.1 Å². The first kappa shape index (κ1) is 21.2. The van der Waals surface area contributed by atoms with Crippen molar-refractivity contribution in [3.05, 3.63) is 28.8 Å². The lowest BCUT2D eigenvalue weighted by atomic mass is 10.1. The standard InChI is InChI=1S/C21H34ClN5O/c1-4-23-21(26(3)15-17-8-13-28-16-17)24-14-18-19(22)6-5-7-20(18)27-11-9-25(2)10-12-27/h5-7,17H,4,8-16H2,1-3H3,(H,23,24). The number of piperazine rings is 1. The summed E-state index contributed by atoms with van der Waals surface area (Å²) in [6.07, 6.45) is 1.13. The Morgan fingerprint density at radius 1 is 1.32 bits per heavy atom. The van der Waals surface area contributed by atoms with Gasteiger partial charge in [-0.05, 0) is 32.5 Å². The summed E-state index contributed by atoms with van der Waals surface area (Å²) in [6.45, 7) is 10.4. The van der Waals surface area contributed by atoms with Gasteiger partial charge in [-0.15, -0.1) is 0 Å². The summed E-state index contributed by atoms with van der Waals surface area (Å²) < 4.78 is 5.52. The summed E-state index contributed by atoms with van der Waals surface area (Å²) in [5.41, 5.74) is 2.33. The fraction of sp³-hybridized carbons (Fsp3) is 0.667. The average Bonchev–Trinajstić information content (AvgIpc) is 3.19. The normalized spacial score (nSPS) is 21.2. The van der Waals surface area contributed by atoms with Gasteiger partial charge in [0, 0.05) is 75.1 Å². The lowest BCUT2D eigenvalue weighted by Crippen LogP contribution is -2.44. The topological polar surface area (TPSA) is 43.3 Å². The lowest BCUT2D eigenvalue weighted by Gasteiger charge is -2.35. The van der Waals surface area contributed by atoms with E-state index in [9.17, 15) is 0 Å². The highest BCUT2D eigenvalue weighted by atomic mass is 35.5. The number of aliphatic imine (C=N–C) groups is 1. The number of benzene rings is 1. The van der Waals surface area contributed by atoms with Gasteiger partial charge in [-0.25, -0.2) is 4.99 Å². The molecule has 2 saturated heterocycles. The molecule has 0 radical (unpaired) electrons. The van der Waals surface area contributed by atoms with Crippen LogP contribution in [0.4, 0.5) is 5.69 Å². The Bertz CT molecular complexity index is 654. The van der Waals surface area contributed by atoms with Gasteiger partial charge in [-0.1, -0.05) is 17.7 Å². The van der Waals surface area contributed by atoms with Gasteiger partial charge in [0.25, 0.3) is 0 Å². The van der Waals surface area contributed by atoms with Crippen molar-refractivity contribution in [2.75, 3.05) is 71.5 Å². The zero-order valence-electron chi connectivity index (χ0n) is 17.5. The molecule has 1 unspecified atom stereocenters. The molecule has 0 amide bonds. The van der Waals surface area contributed by atoms with Gasteiger partial charge in [0.15, 0.2) is 5.96 Å². The molecule has 1 aromatic rings. The maximum atomic E-state index is 6.60. The van der Waals surface area contributed by atoms with Crippen LogP contribution in [0.1, 0.15) is 18.9 Å². The molecule has 3 rings (SSSR count). The minimum absolute atomic E-state index is 0.579. The highest BCUT2D eigenvalue weighted by Crippen LogP contribution is 2.29. The molecular formula is C21H34ClN5O. The first-order chi connectivity index (χ1) is 13.6. The number of nitrogens with one attached hydrogen (secondary N) is 1. The summed E-state index contributed by atoms with van der Waals surface area (Å²) in [5, 5.41) is 4.22. The molecule has 28 heavy (non-hydrogen) atoms. The summed E-state index contributed by atoms with van der Waals surface area (Å²) in [7, 11) is 4.28. The number of likely N-dealkylation sites (N-methyl/N-ethyl adjacent to an activating group) is 1. The lowest BCUT2D eigenvalue weighted by molar-refractivity contribution is 0.181. The van der Waals surface area contributed by atoms with Crippen LogP contribution in [0.3, 0.4) is 0 Å². The van der Waals surface area contributed by atoms with E-state index in [0.717, 1.165) is 75.4 Å². The van der Waals surface area contributed by atoms with Gasteiger partial charge in [0.2, 0.25) is 0 Å². The smallest absolute Gasteiger partial charge is 0.193 e. The van der Waals surface area contributed by atoms with E-state index in [4.69, 9.17) is 21.3 Å². The number of nitrogens with zero attached hydrogens (tertiary/aromatic N) is 4. The maximum absolute atomic E-state index is 6.60. The number of ether oxygens (including phenoxy) is 1. The second-order valence-corrected chi connectivity index (χ2v) is 8.22. The van der Waals surface area contributed by atoms with Gasteiger partial charge in [-0.2, -0.15) is 0 Å². The Balaban J connectivity index is 1.74. The van der Waals surface area contributed by atoms with E-state index in [1.807, 2.05) is 12.1 Å². The van der Waals surface area contributed by atoms with Crippen LogP contribution in [0.2, 0.25) is 5.02 Å². The van der Waals surface area contributed by atoms with Crippen molar-refractivity contribution in [3.8, 4) is 0 Å². The summed E-state index contributed by atoms with van der Waals surface area (Å²) in [4.78, 5) is 11.9. The molecule has 7 heteroatoms. The molecule has 0 spiro atoms. The van der Waals surface area contributed by atoms with Crippen molar-refractivity contribution >= 4 is 23.2 Å². The van der Waals surface area contributed by atoms with Gasteiger partial charge in [-0.3, -0.25) is 0 Å². The van der Waals surface area contributed by atoms with E-state index in [0.29, 0.717) is 12.5 Å². The van der Waals surface area contributed by atoms with Gasteiger partial charge in [0.1, 0.15) is 0 Å². The third-order valence-corrected chi connectivity index (χ3v) is 5.93. The predicted octanol–water partition coefficient (Wildman–Crippen LogP) is 2.53. The molecule has 1 aromatic carbocycles. The van der Waals surface area contributed by atoms with Crippen molar-refractivity contribution in [2.45, 2.75) is 19.9 Å². The van der Waals surface area contributed by atoms with E-state index in [2.05, 4.69) is 47.1 Å². The molecule has 2 aliphatic rings. The maximum Gasteiger partial charge on any atom is 0.193 e. The van der Waals surface area contributed by atoms with Crippen LogP contribution in [-0.4, -0.2) is 82.3 Å². The Kier molecular flexibility index (Phi) is 7.82. The summed E-state index contributed by atoms with van der Waals surface area (Å²) in [6, 6.07) is 6.19. The first-order valence-corrected chi connectivity index (χ1v) is 10.7. The molecule has 1 N–H and O–H groups in total. The Morgan fingerprint density at radius 2 is 2.11 bits per heavy atom. The fourth-order valence-corrected chi connectivity index (χ4v) is 4.10. The molecule has 2 aliphatic heterocycles. The molecule has 2 heterocycles. The number of hydrogen-bond donors (Lipinski definition) is 1. The van der Waals surface area contributed by atoms with E-state index in [1.54, 1.807) is 0 Å². The molecule has 2 fully saturated rings. The van der Waals surface area contributed by atoms with Crippen LogP contribution in [-0.2, 0) is 11.3 Å². The van der Waals surface area contributed by atoms with Gasteiger partial charge < -0.3 is 24.8 Å². The Labute approximate surface area is 174 Å². The van der Waals surface area contributed by atoms with Gasteiger partial charge in [0.05, 0.1) is 13.2 Å². The molecular weight excluding hydrogens is 374 g/mol. The van der Waals surface area contributed by atoms with Crippen molar-refractivity contribution < 1.29 is 4.74 Å². The number of anilines is 1. The van der Waals surface area contributed by atoms with Crippen molar-refractivity contribution in [3.63, 3.8) is 0 Å². The van der Waals surface area contributed by atoms with E-state index in [-0.39, 0.29) is 0 Å². The highest BCUT2D eigenvalue weighted by molar-refractivity contribution is 6.31. The zero-order valence-corrected chi connectivity index (χ0v) is 18.2. The van der Waals surface area contributed by atoms with Crippen LogP contribution in [0.15, 0.2) is 23.2 Å². The van der Waals surface area contributed by atoms with E-state index < -0.39 is 0 Å². The van der Waals surface area contributed by atoms with Crippen LogP contribution in [0.25, 0.3) is 0 Å². The summed E-state index contributed by atoms with van der Waals surface area (Å²) in [5.74, 6) is 1.51. The van der Waals surface area contributed by atoms with Crippen molar-refractivity contribution in [1.29, 1.82) is 0 Å². The Hall–Kier alpha value is -1.50. The highest BCUT2D eigenvalue weighted by Gasteiger charge is 2.20. The molecule has 156 valence electrons. The molecule has 6 nitrogen and oxygen atoms in total. The molecule has 1 atom stereocenters. The summed E-state index contributed by atoms with van der Waals surface area (Å²) >= 11 is 6.60. The minimum Gasteiger partial charge on any atom is -0.381 e. The van der Waals surface area contributed by atoms with Gasteiger partial charge >= 0.3 is 0 Å².